The molecule has 0 aromatic heterocycles. The monoisotopic (exact) mass is 338 g/mol. The van der Waals surface area contributed by atoms with E-state index in [0.29, 0.717) is 11.6 Å². The molecule has 114 valence electrons. The minimum Gasteiger partial charge on any atom is -0.315 e. The molecule has 0 spiro atoms. The molecular weight excluding hydrogens is 319 g/mol. The Labute approximate surface area is 132 Å². The topological polar surface area (TPSA) is 49.4 Å². The third kappa shape index (κ3) is 3.86. The summed E-state index contributed by atoms with van der Waals surface area (Å²) in [7, 11) is -3.46. The van der Waals surface area contributed by atoms with Crippen molar-refractivity contribution in [3.05, 3.63) is 29.3 Å². The number of nitrogens with zero attached hydrogens (tertiary/aromatic N) is 1. The number of nitrogens with one attached hydrogen (secondary N) is 1. The predicted octanol–water partition coefficient (Wildman–Crippen LogP) is 2.52. The first-order chi connectivity index (χ1) is 9.05. The number of hydrogen-bond acceptors (Lipinski definition) is 3. The van der Waals surface area contributed by atoms with Gasteiger partial charge in [-0.1, -0.05) is 24.6 Å². The fourth-order valence-corrected chi connectivity index (χ4v) is 4.42. The number of hydrogen-bond donors (Lipinski definition) is 1. The lowest BCUT2D eigenvalue weighted by Gasteiger charge is -2.27. The van der Waals surface area contributed by atoms with E-state index in [1.165, 1.54) is 6.07 Å². The van der Waals surface area contributed by atoms with Crippen LogP contribution in [0.15, 0.2) is 29.2 Å². The predicted molar refractivity (Wildman–Crippen MR) is 84.2 cm³/mol. The minimum absolute atomic E-state index is 0. The van der Waals surface area contributed by atoms with Gasteiger partial charge in [0.15, 0.2) is 0 Å². The molecule has 0 saturated carbocycles. The molecule has 1 aliphatic rings. The van der Waals surface area contributed by atoms with Crippen LogP contribution < -0.4 is 5.32 Å². The van der Waals surface area contributed by atoms with Crippen LogP contribution in [0.4, 0.5) is 0 Å². The van der Waals surface area contributed by atoms with Crippen LogP contribution in [-0.4, -0.2) is 38.4 Å². The maximum absolute atomic E-state index is 12.7. The van der Waals surface area contributed by atoms with Crippen molar-refractivity contribution in [3.63, 3.8) is 0 Å². The average Bonchev–Trinajstić information content (AvgIpc) is 2.89. The molecule has 7 heteroatoms. The highest BCUT2D eigenvalue weighted by Crippen LogP contribution is 2.23. The molecule has 0 aliphatic carbocycles. The van der Waals surface area contributed by atoms with Gasteiger partial charge >= 0.3 is 0 Å². The lowest BCUT2D eigenvalue weighted by molar-refractivity contribution is 0.335. The van der Waals surface area contributed by atoms with E-state index in [4.69, 9.17) is 11.6 Å². The zero-order valence-corrected chi connectivity index (χ0v) is 13.8. The Hall–Kier alpha value is -0.330. The Balaban J connectivity index is 0.00000200. The van der Waals surface area contributed by atoms with E-state index in [-0.39, 0.29) is 23.3 Å². The van der Waals surface area contributed by atoms with Crippen LogP contribution in [0.1, 0.15) is 19.8 Å². The van der Waals surface area contributed by atoms with Crippen LogP contribution in [0.25, 0.3) is 0 Å². The third-order valence-electron chi connectivity index (χ3n) is 3.29. The van der Waals surface area contributed by atoms with Gasteiger partial charge in [0, 0.05) is 24.2 Å². The van der Waals surface area contributed by atoms with Crippen LogP contribution in [0.2, 0.25) is 5.02 Å². The van der Waals surface area contributed by atoms with Crippen molar-refractivity contribution >= 4 is 34.0 Å². The summed E-state index contributed by atoms with van der Waals surface area (Å²) in [6.07, 6.45) is 1.66. The summed E-state index contributed by atoms with van der Waals surface area (Å²) in [6, 6.07) is 6.52. The van der Waals surface area contributed by atoms with Gasteiger partial charge in [-0.05, 0) is 37.6 Å². The van der Waals surface area contributed by atoms with Gasteiger partial charge in [-0.3, -0.25) is 0 Å². The quantitative estimate of drug-likeness (QED) is 0.897. The Bertz CT molecular complexity index is 531. The highest BCUT2D eigenvalue weighted by Gasteiger charge is 2.32. The maximum atomic E-state index is 12.7. The van der Waals surface area contributed by atoms with E-state index in [0.717, 1.165) is 25.9 Å². The number of benzene rings is 1. The SMILES string of the molecule is CCCN(C1CCNC1)S(=O)(=O)c1cccc(Cl)c1.Cl. The molecule has 0 radical (unpaired) electrons. The maximum Gasteiger partial charge on any atom is 0.243 e. The molecule has 20 heavy (non-hydrogen) atoms. The summed E-state index contributed by atoms with van der Waals surface area (Å²) < 4.78 is 27.0. The van der Waals surface area contributed by atoms with Gasteiger partial charge in [-0.25, -0.2) is 8.42 Å². The van der Waals surface area contributed by atoms with Gasteiger partial charge in [-0.2, -0.15) is 4.31 Å². The Morgan fingerprint density at radius 1 is 1.45 bits per heavy atom. The molecule has 1 aromatic rings. The van der Waals surface area contributed by atoms with Gasteiger partial charge in [0.2, 0.25) is 10.0 Å². The molecule has 1 unspecified atom stereocenters. The van der Waals surface area contributed by atoms with Crippen LogP contribution in [0.5, 0.6) is 0 Å². The molecule has 0 amide bonds. The lowest BCUT2D eigenvalue weighted by atomic mass is 10.2. The van der Waals surface area contributed by atoms with Crippen LogP contribution in [0.3, 0.4) is 0 Å². The summed E-state index contributed by atoms with van der Waals surface area (Å²) in [6.45, 7) is 4.12. The summed E-state index contributed by atoms with van der Waals surface area (Å²) >= 11 is 5.90. The van der Waals surface area contributed by atoms with Crippen molar-refractivity contribution in [2.24, 2.45) is 0 Å². The molecular formula is C13H20Cl2N2O2S. The molecule has 1 aromatic carbocycles. The highest BCUT2D eigenvalue weighted by atomic mass is 35.5. The van der Waals surface area contributed by atoms with Gasteiger partial charge in [-0.15, -0.1) is 12.4 Å². The van der Waals surface area contributed by atoms with Crippen molar-refractivity contribution in [2.75, 3.05) is 19.6 Å². The van der Waals surface area contributed by atoms with Crippen molar-refractivity contribution in [2.45, 2.75) is 30.7 Å². The molecule has 1 atom stereocenters. The Morgan fingerprint density at radius 2 is 2.20 bits per heavy atom. The van der Waals surface area contributed by atoms with Gasteiger partial charge < -0.3 is 5.32 Å². The smallest absolute Gasteiger partial charge is 0.243 e. The van der Waals surface area contributed by atoms with E-state index in [9.17, 15) is 8.42 Å². The Kier molecular flexibility index (Phi) is 6.75. The molecule has 1 heterocycles. The third-order valence-corrected chi connectivity index (χ3v) is 5.47. The summed E-state index contributed by atoms with van der Waals surface area (Å²) in [5.74, 6) is 0. The average molecular weight is 339 g/mol. The van der Waals surface area contributed by atoms with E-state index in [2.05, 4.69) is 5.32 Å². The second-order valence-electron chi connectivity index (χ2n) is 4.72. The van der Waals surface area contributed by atoms with Crippen LogP contribution >= 0.6 is 24.0 Å². The highest BCUT2D eigenvalue weighted by molar-refractivity contribution is 7.89. The fraction of sp³-hybridized carbons (Fsp3) is 0.538. The second kappa shape index (κ2) is 7.61. The molecule has 1 fully saturated rings. The van der Waals surface area contributed by atoms with Crippen LogP contribution in [-0.2, 0) is 10.0 Å². The number of sulfonamides is 1. The van der Waals surface area contributed by atoms with Gasteiger partial charge in [0.25, 0.3) is 0 Å². The van der Waals surface area contributed by atoms with E-state index in [1.54, 1.807) is 22.5 Å². The zero-order chi connectivity index (χ0) is 13.9. The molecule has 4 nitrogen and oxygen atoms in total. The summed E-state index contributed by atoms with van der Waals surface area (Å²) in [5.41, 5.74) is 0. The van der Waals surface area contributed by atoms with E-state index >= 15 is 0 Å². The molecule has 1 N–H and O–H groups in total. The normalized spacial score (nSPS) is 19.1. The van der Waals surface area contributed by atoms with Crippen molar-refractivity contribution in [1.29, 1.82) is 0 Å². The summed E-state index contributed by atoms with van der Waals surface area (Å²) in [4.78, 5) is 0.278. The summed E-state index contributed by atoms with van der Waals surface area (Å²) in [5, 5.41) is 3.66. The molecule has 2 rings (SSSR count). The first kappa shape index (κ1) is 17.7. The fourth-order valence-electron chi connectivity index (χ4n) is 2.37. The molecule has 0 bridgehead atoms. The first-order valence-corrected chi connectivity index (χ1v) is 8.35. The molecule has 1 saturated heterocycles. The minimum atomic E-state index is -3.46. The standard InChI is InChI=1S/C13H19ClN2O2S.ClH/c1-2-8-16(12-6-7-15-10-12)19(17,18)13-5-3-4-11(14)9-13;/h3-5,9,12,15H,2,6-8,10H2,1H3;1H. The largest absolute Gasteiger partial charge is 0.315 e. The molecule has 1 aliphatic heterocycles. The van der Waals surface area contributed by atoms with Crippen molar-refractivity contribution < 1.29 is 8.42 Å². The first-order valence-electron chi connectivity index (χ1n) is 6.54. The zero-order valence-electron chi connectivity index (χ0n) is 11.4. The number of rotatable bonds is 5. The van der Waals surface area contributed by atoms with E-state index < -0.39 is 10.0 Å². The van der Waals surface area contributed by atoms with Gasteiger partial charge in [0.05, 0.1) is 4.90 Å². The lowest BCUT2D eigenvalue weighted by Crippen LogP contribution is -2.41. The van der Waals surface area contributed by atoms with Gasteiger partial charge in [0.1, 0.15) is 0 Å². The second-order valence-corrected chi connectivity index (χ2v) is 7.05. The number of halogens is 2. The van der Waals surface area contributed by atoms with Crippen molar-refractivity contribution in [3.8, 4) is 0 Å². The van der Waals surface area contributed by atoms with Crippen LogP contribution in [0, 0.1) is 0 Å². The van der Waals surface area contributed by atoms with E-state index in [1.807, 2.05) is 6.92 Å². The van der Waals surface area contributed by atoms with Crippen molar-refractivity contribution in [1.82, 2.24) is 9.62 Å². The Morgan fingerprint density at radius 3 is 2.75 bits per heavy atom.